The number of rotatable bonds is 3. The molecule has 0 saturated heterocycles. The molecule has 0 aromatic rings. The minimum Gasteiger partial charge on any atom is -0.397 e. The SMILES string of the molecule is CO[Si](OC)(C(C)C(C)(C)C)C(C)(C)C. The van der Waals surface area contributed by atoms with E-state index in [9.17, 15) is 0 Å². The first kappa shape index (κ1) is 15.1. The second-order valence-corrected chi connectivity index (χ2v) is 10.9. The van der Waals surface area contributed by atoms with E-state index in [4.69, 9.17) is 8.85 Å². The van der Waals surface area contributed by atoms with Crippen molar-refractivity contribution in [1.29, 1.82) is 0 Å². The van der Waals surface area contributed by atoms with E-state index >= 15 is 0 Å². The zero-order chi connectivity index (χ0) is 12.5. The fourth-order valence-corrected chi connectivity index (χ4v) is 6.81. The summed E-state index contributed by atoms with van der Waals surface area (Å²) in [4.78, 5) is 0. The highest BCUT2D eigenvalue weighted by molar-refractivity contribution is 6.72. The van der Waals surface area contributed by atoms with Crippen molar-refractivity contribution in [1.82, 2.24) is 0 Å². The molecule has 15 heavy (non-hydrogen) atoms. The van der Waals surface area contributed by atoms with E-state index in [1.165, 1.54) is 0 Å². The van der Waals surface area contributed by atoms with Gasteiger partial charge in [0.15, 0.2) is 0 Å². The van der Waals surface area contributed by atoms with Crippen molar-refractivity contribution in [2.75, 3.05) is 14.2 Å². The van der Waals surface area contributed by atoms with Gasteiger partial charge in [-0.2, -0.15) is 0 Å². The molecule has 0 fully saturated rings. The Kier molecular flexibility index (Phi) is 4.60. The Balaban J connectivity index is 5.30. The van der Waals surface area contributed by atoms with Gasteiger partial charge < -0.3 is 8.85 Å². The predicted octanol–water partition coefficient (Wildman–Crippen LogP) is 3.96. The zero-order valence-corrected chi connectivity index (χ0v) is 12.9. The second kappa shape index (κ2) is 4.56. The monoisotopic (exact) mass is 232 g/mol. The van der Waals surface area contributed by atoms with Crippen molar-refractivity contribution in [3.8, 4) is 0 Å². The molecule has 0 spiro atoms. The molecule has 92 valence electrons. The summed E-state index contributed by atoms with van der Waals surface area (Å²) in [5.74, 6) is 0. The van der Waals surface area contributed by atoms with Gasteiger partial charge >= 0.3 is 8.56 Å². The van der Waals surface area contributed by atoms with Crippen molar-refractivity contribution < 1.29 is 8.85 Å². The maximum absolute atomic E-state index is 5.86. The molecule has 0 radical (unpaired) electrons. The van der Waals surface area contributed by atoms with Gasteiger partial charge in [0.05, 0.1) is 0 Å². The van der Waals surface area contributed by atoms with Gasteiger partial charge in [0.2, 0.25) is 0 Å². The highest BCUT2D eigenvalue weighted by Gasteiger charge is 2.55. The summed E-state index contributed by atoms with van der Waals surface area (Å²) < 4.78 is 11.7. The summed E-state index contributed by atoms with van der Waals surface area (Å²) in [5, 5.41) is 0.0865. The standard InChI is InChI=1S/C12H28O2Si/c1-10(11(2,3)4)15(13-8,14-9)12(5,6)7/h10H,1-9H3. The molecule has 1 atom stereocenters. The van der Waals surface area contributed by atoms with Gasteiger partial charge in [-0.15, -0.1) is 0 Å². The molecule has 0 aliphatic heterocycles. The molecule has 0 N–H and O–H groups in total. The minimum absolute atomic E-state index is 0.0865. The molecular weight excluding hydrogens is 204 g/mol. The molecule has 1 unspecified atom stereocenters. The molecule has 0 bridgehead atoms. The summed E-state index contributed by atoms with van der Waals surface area (Å²) >= 11 is 0. The number of hydrogen-bond donors (Lipinski definition) is 0. The van der Waals surface area contributed by atoms with Crippen molar-refractivity contribution >= 4 is 8.56 Å². The van der Waals surface area contributed by atoms with Gasteiger partial charge in [-0.05, 0) is 5.41 Å². The molecule has 0 rings (SSSR count). The highest BCUT2D eigenvalue weighted by Crippen LogP contribution is 2.50. The van der Waals surface area contributed by atoms with Crippen LogP contribution < -0.4 is 0 Å². The summed E-state index contributed by atoms with van der Waals surface area (Å²) in [6, 6.07) is 0. The molecule has 0 aromatic heterocycles. The van der Waals surface area contributed by atoms with Crippen molar-refractivity contribution in [2.24, 2.45) is 5.41 Å². The Morgan fingerprint density at radius 2 is 1.20 bits per heavy atom. The average molecular weight is 232 g/mol. The first-order valence-corrected chi connectivity index (χ1v) is 7.52. The predicted molar refractivity (Wildman–Crippen MR) is 68.4 cm³/mol. The largest absolute Gasteiger partial charge is 0.397 e. The third-order valence-electron chi connectivity index (χ3n) is 3.52. The first-order valence-electron chi connectivity index (χ1n) is 5.63. The van der Waals surface area contributed by atoms with E-state index in [1.807, 2.05) is 0 Å². The van der Waals surface area contributed by atoms with Crippen LogP contribution in [0.15, 0.2) is 0 Å². The third-order valence-corrected chi connectivity index (χ3v) is 8.83. The lowest BCUT2D eigenvalue weighted by atomic mass is 9.93. The quantitative estimate of drug-likeness (QED) is 0.686. The Labute approximate surface area is 96.6 Å². The van der Waals surface area contributed by atoms with Crippen LogP contribution in [0, 0.1) is 5.41 Å². The molecular formula is C12H28O2Si. The Bertz CT molecular complexity index is 197. The number of hydrogen-bond acceptors (Lipinski definition) is 2. The summed E-state index contributed by atoms with van der Waals surface area (Å²) in [5.41, 5.74) is 0.658. The van der Waals surface area contributed by atoms with Crippen molar-refractivity contribution in [2.45, 2.75) is 59.0 Å². The minimum atomic E-state index is -2.18. The molecule has 0 amide bonds. The van der Waals surface area contributed by atoms with Crippen LogP contribution in [0.1, 0.15) is 48.5 Å². The maximum atomic E-state index is 5.86. The Morgan fingerprint density at radius 1 is 0.867 bits per heavy atom. The Hall–Kier alpha value is 0.137. The molecule has 0 heterocycles. The van der Waals surface area contributed by atoms with Gasteiger partial charge in [-0.25, -0.2) is 0 Å². The Morgan fingerprint density at radius 3 is 1.27 bits per heavy atom. The lowest BCUT2D eigenvalue weighted by Gasteiger charge is -2.47. The molecule has 0 aliphatic carbocycles. The van der Waals surface area contributed by atoms with Crippen LogP contribution in [0.2, 0.25) is 10.6 Å². The zero-order valence-electron chi connectivity index (χ0n) is 11.9. The van der Waals surface area contributed by atoms with Gasteiger partial charge in [-0.3, -0.25) is 0 Å². The molecule has 2 nitrogen and oxygen atoms in total. The maximum Gasteiger partial charge on any atom is 0.346 e. The fraction of sp³-hybridized carbons (Fsp3) is 1.00. The van der Waals surface area contributed by atoms with E-state index in [1.54, 1.807) is 14.2 Å². The van der Waals surface area contributed by atoms with E-state index in [-0.39, 0.29) is 10.5 Å². The molecule has 3 heteroatoms. The first-order chi connectivity index (χ1) is 6.53. The van der Waals surface area contributed by atoms with Crippen LogP contribution in [0.3, 0.4) is 0 Å². The van der Waals surface area contributed by atoms with E-state index in [0.29, 0.717) is 5.54 Å². The second-order valence-electron chi connectivity index (χ2n) is 6.41. The lowest BCUT2D eigenvalue weighted by molar-refractivity contribution is 0.175. The molecule has 0 saturated carbocycles. The summed E-state index contributed by atoms with van der Waals surface area (Å²) in [6.07, 6.45) is 0. The third kappa shape index (κ3) is 2.83. The van der Waals surface area contributed by atoms with Crippen LogP contribution in [-0.4, -0.2) is 22.8 Å². The fourth-order valence-electron chi connectivity index (χ4n) is 2.27. The van der Waals surface area contributed by atoms with E-state index in [2.05, 4.69) is 48.5 Å². The van der Waals surface area contributed by atoms with Gasteiger partial charge in [0.25, 0.3) is 0 Å². The highest BCUT2D eigenvalue weighted by atomic mass is 28.4. The van der Waals surface area contributed by atoms with Gasteiger partial charge in [0, 0.05) is 24.8 Å². The lowest BCUT2D eigenvalue weighted by Crippen LogP contribution is -2.55. The molecule has 0 aliphatic rings. The normalized spacial score (nSPS) is 16.6. The molecule has 0 aromatic carbocycles. The smallest absolute Gasteiger partial charge is 0.346 e. The van der Waals surface area contributed by atoms with Crippen molar-refractivity contribution in [3.05, 3.63) is 0 Å². The van der Waals surface area contributed by atoms with Crippen LogP contribution >= 0.6 is 0 Å². The van der Waals surface area contributed by atoms with Crippen molar-refractivity contribution in [3.63, 3.8) is 0 Å². The van der Waals surface area contributed by atoms with Crippen LogP contribution in [-0.2, 0) is 8.85 Å². The summed E-state index contributed by atoms with van der Waals surface area (Å²) in [6.45, 7) is 15.7. The average Bonchev–Trinajstić information content (AvgIpc) is 2.03. The van der Waals surface area contributed by atoms with E-state index in [0.717, 1.165) is 0 Å². The van der Waals surface area contributed by atoms with E-state index < -0.39 is 8.56 Å². The topological polar surface area (TPSA) is 18.5 Å². The van der Waals surface area contributed by atoms with Crippen LogP contribution in [0.4, 0.5) is 0 Å². The van der Waals surface area contributed by atoms with Gasteiger partial charge in [0.1, 0.15) is 0 Å². The summed E-state index contributed by atoms with van der Waals surface area (Å²) in [7, 11) is 1.41. The van der Waals surface area contributed by atoms with Crippen LogP contribution in [0.5, 0.6) is 0 Å². The van der Waals surface area contributed by atoms with Crippen LogP contribution in [0.25, 0.3) is 0 Å². The van der Waals surface area contributed by atoms with Gasteiger partial charge in [-0.1, -0.05) is 48.5 Å².